The van der Waals surface area contributed by atoms with Crippen LogP contribution in [0.3, 0.4) is 0 Å². The molecule has 0 amide bonds. The Morgan fingerprint density at radius 2 is 1.75 bits per heavy atom. The number of rotatable bonds is 6. The van der Waals surface area contributed by atoms with Gasteiger partial charge in [0, 0.05) is 22.1 Å². The molecule has 0 aromatic heterocycles. The fraction of sp³-hybridized carbons (Fsp3) is 0.250. The summed E-state index contributed by atoms with van der Waals surface area (Å²) in [6.07, 6.45) is 0. The van der Waals surface area contributed by atoms with Gasteiger partial charge in [-0.25, -0.2) is 0 Å². The van der Waals surface area contributed by atoms with Crippen LogP contribution in [0.25, 0.3) is 0 Å². The molecule has 4 heteroatoms. The molecular weight excluding hydrogens is 338 g/mol. The maximum Gasteiger partial charge on any atom is 0.119 e. The summed E-state index contributed by atoms with van der Waals surface area (Å²) >= 11 is 9.28. The first kappa shape index (κ1) is 15.4. The highest BCUT2D eigenvalue weighted by Crippen LogP contribution is 2.17. The fourth-order valence-corrected chi connectivity index (χ4v) is 2.23. The van der Waals surface area contributed by atoms with Crippen LogP contribution in [0.5, 0.6) is 5.75 Å². The summed E-state index contributed by atoms with van der Waals surface area (Å²) in [4.78, 5) is 0. The first-order chi connectivity index (χ1) is 9.65. The second-order valence-electron chi connectivity index (χ2n) is 4.53. The van der Waals surface area contributed by atoms with Gasteiger partial charge in [-0.2, -0.15) is 0 Å². The van der Waals surface area contributed by atoms with E-state index in [9.17, 15) is 0 Å². The molecule has 1 atom stereocenters. The van der Waals surface area contributed by atoms with E-state index in [1.54, 1.807) is 0 Å². The molecule has 0 heterocycles. The molecular formula is C16H17BrClNO. The van der Waals surface area contributed by atoms with Crippen LogP contribution in [0, 0.1) is 0 Å². The second-order valence-corrected chi connectivity index (χ2v) is 5.88. The Morgan fingerprint density at radius 3 is 2.40 bits per heavy atom. The van der Waals surface area contributed by atoms with E-state index >= 15 is 0 Å². The van der Waals surface area contributed by atoms with Gasteiger partial charge < -0.3 is 10.1 Å². The summed E-state index contributed by atoms with van der Waals surface area (Å²) < 4.78 is 6.72. The van der Waals surface area contributed by atoms with Crippen molar-refractivity contribution in [3.63, 3.8) is 0 Å². The molecule has 2 nitrogen and oxygen atoms in total. The topological polar surface area (TPSA) is 21.3 Å². The lowest BCUT2D eigenvalue weighted by atomic mass is 10.1. The van der Waals surface area contributed by atoms with Crippen LogP contribution in [-0.4, -0.2) is 13.2 Å². The van der Waals surface area contributed by atoms with Crippen LogP contribution in [0.15, 0.2) is 53.0 Å². The minimum Gasteiger partial charge on any atom is -0.492 e. The van der Waals surface area contributed by atoms with E-state index in [0.29, 0.717) is 6.61 Å². The van der Waals surface area contributed by atoms with E-state index in [1.807, 2.05) is 48.5 Å². The van der Waals surface area contributed by atoms with E-state index in [1.165, 1.54) is 5.56 Å². The van der Waals surface area contributed by atoms with Crippen molar-refractivity contribution in [3.8, 4) is 5.75 Å². The molecule has 0 saturated carbocycles. The van der Waals surface area contributed by atoms with Crippen LogP contribution >= 0.6 is 27.5 Å². The molecule has 2 aromatic carbocycles. The highest BCUT2D eigenvalue weighted by atomic mass is 79.9. The van der Waals surface area contributed by atoms with Crippen molar-refractivity contribution in [3.05, 3.63) is 63.6 Å². The molecule has 1 N–H and O–H groups in total. The highest BCUT2D eigenvalue weighted by Gasteiger charge is 2.04. The van der Waals surface area contributed by atoms with Gasteiger partial charge in [0.2, 0.25) is 0 Å². The van der Waals surface area contributed by atoms with Gasteiger partial charge in [-0.1, -0.05) is 39.7 Å². The Bertz CT molecular complexity index is 527. The standard InChI is InChI=1S/C16H17BrClNO/c1-12(13-2-6-15(18)7-3-13)19-10-11-20-16-8-4-14(17)5-9-16/h2-9,12,19H,10-11H2,1H3. The third kappa shape index (κ3) is 4.82. The van der Waals surface area contributed by atoms with Gasteiger partial charge in [0.1, 0.15) is 12.4 Å². The highest BCUT2D eigenvalue weighted by molar-refractivity contribution is 9.10. The van der Waals surface area contributed by atoms with Crippen LogP contribution in [0.1, 0.15) is 18.5 Å². The molecule has 0 bridgehead atoms. The Kier molecular flexibility index (Phi) is 5.89. The largest absolute Gasteiger partial charge is 0.492 e. The number of hydrogen-bond donors (Lipinski definition) is 1. The zero-order chi connectivity index (χ0) is 14.4. The maximum atomic E-state index is 5.88. The Balaban J connectivity index is 1.72. The zero-order valence-corrected chi connectivity index (χ0v) is 13.6. The van der Waals surface area contributed by atoms with Gasteiger partial charge in [0.05, 0.1) is 0 Å². The molecule has 20 heavy (non-hydrogen) atoms. The van der Waals surface area contributed by atoms with E-state index in [0.717, 1.165) is 21.8 Å². The fourth-order valence-electron chi connectivity index (χ4n) is 1.84. The van der Waals surface area contributed by atoms with E-state index in [-0.39, 0.29) is 6.04 Å². The summed E-state index contributed by atoms with van der Waals surface area (Å²) in [6, 6.07) is 16.0. The molecule has 0 radical (unpaired) electrons. The van der Waals surface area contributed by atoms with Gasteiger partial charge in [0.25, 0.3) is 0 Å². The second kappa shape index (κ2) is 7.67. The maximum absolute atomic E-state index is 5.88. The molecule has 0 aliphatic rings. The Hall–Kier alpha value is -1.03. The smallest absolute Gasteiger partial charge is 0.119 e. The average Bonchev–Trinajstić information content (AvgIpc) is 2.46. The lowest BCUT2D eigenvalue weighted by Crippen LogP contribution is -2.24. The van der Waals surface area contributed by atoms with Gasteiger partial charge in [-0.3, -0.25) is 0 Å². The molecule has 0 saturated heterocycles. The monoisotopic (exact) mass is 353 g/mol. The SMILES string of the molecule is CC(NCCOc1ccc(Br)cc1)c1ccc(Cl)cc1. The predicted octanol–water partition coefficient (Wildman–Crippen LogP) is 4.83. The van der Waals surface area contributed by atoms with Gasteiger partial charge in [0.15, 0.2) is 0 Å². The van der Waals surface area contributed by atoms with Crippen LogP contribution in [-0.2, 0) is 0 Å². The van der Waals surface area contributed by atoms with Crippen molar-refractivity contribution in [1.29, 1.82) is 0 Å². The molecule has 2 rings (SSSR count). The average molecular weight is 355 g/mol. The third-order valence-corrected chi connectivity index (χ3v) is 3.79. The van der Waals surface area contributed by atoms with E-state index < -0.39 is 0 Å². The lowest BCUT2D eigenvalue weighted by molar-refractivity contribution is 0.307. The molecule has 2 aromatic rings. The number of ether oxygens (including phenoxy) is 1. The molecule has 106 valence electrons. The molecule has 0 spiro atoms. The summed E-state index contributed by atoms with van der Waals surface area (Å²) in [5.41, 5.74) is 1.22. The number of benzene rings is 2. The predicted molar refractivity (Wildman–Crippen MR) is 87.5 cm³/mol. The molecule has 0 fully saturated rings. The van der Waals surface area contributed by atoms with Crippen LogP contribution in [0.2, 0.25) is 5.02 Å². The molecule has 1 unspecified atom stereocenters. The summed E-state index contributed by atoms with van der Waals surface area (Å²) in [5.74, 6) is 0.883. The van der Waals surface area contributed by atoms with Crippen LogP contribution in [0.4, 0.5) is 0 Å². The van der Waals surface area contributed by atoms with Crippen LogP contribution < -0.4 is 10.1 Å². The van der Waals surface area contributed by atoms with Crippen molar-refractivity contribution in [2.24, 2.45) is 0 Å². The van der Waals surface area contributed by atoms with Crippen molar-refractivity contribution in [2.75, 3.05) is 13.2 Å². The van der Waals surface area contributed by atoms with E-state index in [4.69, 9.17) is 16.3 Å². The zero-order valence-electron chi connectivity index (χ0n) is 11.3. The van der Waals surface area contributed by atoms with Crippen molar-refractivity contribution in [1.82, 2.24) is 5.32 Å². The molecule has 0 aliphatic heterocycles. The summed E-state index contributed by atoms with van der Waals surface area (Å²) in [6.45, 7) is 3.56. The first-order valence-electron chi connectivity index (χ1n) is 6.52. The third-order valence-electron chi connectivity index (χ3n) is 3.00. The Labute approximate surface area is 133 Å². The van der Waals surface area contributed by atoms with Gasteiger partial charge in [-0.05, 0) is 48.9 Å². The minimum atomic E-state index is 0.279. The minimum absolute atomic E-state index is 0.279. The first-order valence-corrected chi connectivity index (χ1v) is 7.69. The van der Waals surface area contributed by atoms with Gasteiger partial charge >= 0.3 is 0 Å². The van der Waals surface area contributed by atoms with Crippen molar-refractivity contribution >= 4 is 27.5 Å². The van der Waals surface area contributed by atoms with Crippen molar-refractivity contribution < 1.29 is 4.74 Å². The van der Waals surface area contributed by atoms with Crippen molar-refractivity contribution in [2.45, 2.75) is 13.0 Å². The summed E-state index contributed by atoms with van der Waals surface area (Å²) in [5, 5.41) is 4.19. The number of hydrogen-bond acceptors (Lipinski definition) is 2. The lowest BCUT2D eigenvalue weighted by Gasteiger charge is -2.14. The Morgan fingerprint density at radius 1 is 1.10 bits per heavy atom. The number of halogens is 2. The quantitative estimate of drug-likeness (QED) is 0.750. The summed E-state index contributed by atoms with van der Waals surface area (Å²) in [7, 11) is 0. The van der Waals surface area contributed by atoms with E-state index in [2.05, 4.69) is 28.2 Å². The van der Waals surface area contributed by atoms with Gasteiger partial charge in [-0.15, -0.1) is 0 Å². The molecule has 0 aliphatic carbocycles. The normalized spacial score (nSPS) is 12.2. The number of nitrogens with one attached hydrogen (secondary N) is 1.